The van der Waals surface area contributed by atoms with E-state index in [0.29, 0.717) is 12.2 Å². The first-order valence-corrected chi connectivity index (χ1v) is 8.22. The third-order valence-electron chi connectivity index (χ3n) is 3.13. The van der Waals surface area contributed by atoms with Gasteiger partial charge in [0.05, 0.1) is 23.8 Å². The highest BCUT2D eigenvalue weighted by Crippen LogP contribution is 2.20. The van der Waals surface area contributed by atoms with Gasteiger partial charge in [0.15, 0.2) is 0 Å². The van der Waals surface area contributed by atoms with Gasteiger partial charge in [-0.15, -0.1) is 0 Å². The van der Waals surface area contributed by atoms with E-state index >= 15 is 0 Å². The Morgan fingerprint density at radius 3 is 2.55 bits per heavy atom. The van der Waals surface area contributed by atoms with Crippen molar-refractivity contribution in [2.24, 2.45) is 0 Å². The molecule has 2 rings (SSSR count). The van der Waals surface area contributed by atoms with Gasteiger partial charge in [-0.05, 0) is 36.2 Å². The lowest BCUT2D eigenvalue weighted by Gasteiger charge is -2.05. The van der Waals surface area contributed by atoms with E-state index in [1.165, 1.54) is 0 Å². The molecule has 0 N–H and O–H groups in total. The topological polar surface area (TPSA) is 50.1 Å². The fraction of sp³-hybridized carbons (Fsp3) is 0.222. The van der Waals surface area contributed by atoms with E-state index in [1.807, 2.05) is 36.4 Å². The molecule has 2 aromatic rings. The number of hydrogen-bond donors (Lipinski definition) is 0. The minimum atomic E-state index is -0.287. The summed E-state index contributed by atoms with van der Waals surface area (Å²) in [6.45, 7) is 2.18. The van der Waals surface area contributed by atoms with Crippen LogP contribution in [-0.4, -0.2) is 12.6 Å². The molecule has 4 heteroatoms. The fourth-order valence-electron chi connectivity index (χ4n) is 1.99. The number of carbonyl (C=O) groups is 1. The largest absolute Gasteiger partial charge is 0.462 e. The molecule has 22 heavy (non-hydrogen) atoms. The number of ether oxygens (including phenoxy) is 1. The van der Waals surface area contributed by atoms with Crippen LogP contribution in [0, 0.1) is 11.3 Å². The van der Waals surface area contributed by atoms with Crippen LogP contribution in [0.5, 0.6) is 0 Å². The van der Waals surface area contributed by atoms with Crippen LogP contribution in [0.3, 0.4) is 0 Å². The van der Waals surface area contributed by atoms with Gasteiger partial charge in [-0.3, -0.25) is 0 Å². The maximum atomic E-state index is 11.6. The molecule has 0 aliphatic heterocycles. The normalized spacial score (nSPS) is 10.0. The third kappa shape index (κ3) is 4.37. The zero-order valence-electron chi connectivity index (χ0n) is 12.4. The highest BCUT2D eigenvalue weighted by Gasteiger charge is 2.06. The maximum absolute atomic E-state index is 11.6. The Balaban J connectivity index is 1.90. The molecule has 0 aromatic heterocycles. The van der Waals surface area contributed by atoms with E-state index in [9.17, 15) is 4.79 Å². The average Bonchev–Trinajstić information content (AvgIpc) is 2.56. The van der Waals surface area contributed by atoms with Crippen LogP contribution in [0.1, 0.15) is 34.0 Å². The smallest absolute Gasteiger partial charge is 0.338 e. The van der Waals surface area contributed by atoms with Gasteiger partial charge in [-0.1, -0.05) is 30.3 Å². The van der Waals surface area contributed by atoms with Gasteiger partial charge in [0.1, 0.15) is 0 Å². The Kier molecular flexibility index (Phi) is 6.05. The molecule has 0 unspecified atom stereocenters. The van der Waals surface area contributed by atoms with Crippen LogP contribution in [0.15, 0.2) is 48.5 Å². The Morgan fingerprint density at radius 1 is 1.14 bits per heavy atom. The zero-order valence-corrected chi connectivity index (χ0v) is 13.2. The van der Waals surface area contributed by atoms with Crippen molar-refractivity contribution in [3.05, 3.63) is 70.8 Å². The minimum Gasteiger partial charge on any atom is -0.462 e. The predicted molar refractivity (Wildman–Crippen MR) is 88.6 cm³/mol. The Hall–Kier alpha value is -2.25. The van der Waals surface area contributed by atoms with Gasteiger partial charge >= 0.3 is 5.97 Å². The van der Waals surface area contributed by atoms with E-state index in [2.05, 4.69) is 6.07 Å². The van der Waals surface area contributed by atoms with Crippen LogP contribution in [0.2, 0.25) is 0 Å². The van der Waals surface area contributed by atoms with E-state index in [4.69, 9.17) is 10.00 Å². The van der Waals surface area contributed by atoms with E-state index in [0.717, 1.165) is 28.2 Å². The minimum absolute atomic E-state index is 0.287. The van der Waals surface area contributed by atoms with Crippen molar-refractivity contribution < 1.29 is 9.53 Å². The van der Waals surface area contributed by atoms with Crippen molar-refractivity contribution in [2.45, 2.75) is 18.4 Å². The first-order valence-electron chi connectivity index (χ1n) is 7.06. The van der Waals surface area contributed by atoms with E-state index in [-0.39, 0.29) is 5.97 Å². The predicted octanol–water partition coefficient (Wildman–Crippen LogP) is 4.17. The second-order valence-corrected chi connectivity index (χ2v) is 5.66. The summed E-state index contributed by atoms with van der Waals surface area (Å²) < 4.78 is 4.96. The van der Waals surface area contributed by atoms with Crippen molar-refractivity contribution in [2.75, 3.05) is 6.61 Å². The van der Waals surface area contributed by atoms with Crippen molar-refractivity contribution in [3.63, 3.8) is 0 Å². The summed E-state index contributed by atoms with van der Waals surface area (Å²) in [4.78, 5) is 11.6. The van der Waals surface area contributed by atoms with Crippen molar-refractivity contribution >= 4 is 17.7 Å². The van der Waals surface area contributed by atoms with Gasteiger partial charge in [-0.25, -0.2) is 4.79 Å². The molecular weight excluding hydrogens is 294 g/mol. The van der Waals surface area contributed by atoms with Crippen LogP contribution < -0.4 is 0 Å². The van der Waals surface area contributed by atoms with Crippen LogP contribution in [-0.2, 0) is 16.2 Å². The Bertz CT molecular complexity index is 674. The number of hydrogen-bond acceptors (Lipinski definition) is 4. The molecule has 0 aliphatic rings. The molecule has 0 saturated carbocycles. The molecule has 0 heterocycles. The quantitative estimate of drug-likeness (QED) is 0.751. The number of thioether (sulfide) groups is 1. The highest BCUT2D eigenvalue weighted by atomic mass is 32.2. The van der Waals surface area contributed by atoms with Crippen LogP contribution in [0.25, 0.3) is 0 Å². The van der Waals surface area contributed by atoms with Crippen molar-refractivity contribution in [1.29, 1.82) is 5.26 Å². The lowest BCUT2D eigenvalue weighted by atomic mass is 10.1. The number of benzene rings is 2. The highest BCUT2D eigenvalue weighted by molar-refractivity contribution is 7.97. The molecule has 0 aliphatic carbocycles. The fourth-order valence-corrected chi connectivity index (χ4v) is 2.99. The molecule has 112 valence electrons. The first-order chi connectivity index (χ1) is 10.7. The summed E-state index contributed by atoms with van der Waals surface area (Å²) in [5.74, 6) is 1.34. The summed E-state index contributed by atoms with van der Waals surface area (Å²) in [5.41, 5.74) is 3.50. The van der Waals surface area contributed by atoms with Gasteiger partial charge in [-0.2, -0.15) is 17.0 Å². The van der Waals surface area contributed by atoms with E-state index in [1.54, 1.807) is 30.8 Å². The second kappa shape index (κ2) is 8.26. The summed E-state index contributed by atoms with van der Waals surface area (Å²) in [6.07, 6.45) is 0. The molecule has 0 amide bonds. The number of carbonyl (C=O) groups excluding carboxylic acids is 1. The molecular formula is C18H17NO2S. The SMILES string of the molecule is CCOC(=O)c1ccc(CSCc2ccccc2C#N)cc1. The number of nitrogens with zero attached hydrogens (tertiary/aromatic N) is 1. The maximum Gasteiger partial charge on any atom is 0.338 e. The summed E-state index contributed by atoms with van der Waals surface area (Å²) in [6, 6.07) is 17.3. The Labute approximate surface area is 134 Å². The van der Waals surface area contributed by atoms with E-state index < -0.39 is 0 Å². The number of esters is 1. The van der Waals surface area contributed by atoms with Gasteiger partial charge in [0.25, 0.3) is 0 Å². The average molecular weight is 311 g/mol. The molecule has 0 fully saturated rings. The molecule has 2 aromatic carbocycles. The van der Waals surface area contributed by atoms with Crippen LogP contribution >= 0.6 is 11.8 Å². The molecule has 0 radical (unpaired) electrons. The zero-order chi connectivity index (χ0) is 15.8. The van der Waals surface area contributed by atoms with Crippen molar-refractivity contribution in [1.82, 2.24) is 0 Å². The van der Waals surface area contributed by atoms with Gasteiger partial charge < -0.3 is 4.74 Å². The molecule has 3 nitrogen and oxygen atoms in total. The molecule has 0 saturated heterocycles. The monoisotopic (exact) mass is 311 g/mol. The lowest BCUT2D eigenvalue weighted by molar-refractivity contribution is 0.0526. The third-order valence-corrected chi connectivity index (χ3v) is 4.18. The molecule has 0 bridgehead atoms. The Morgan fingerprint density at radius 2 is 1.86 bits per heavy atom. The summed E-state index contributed by atoms with van der Waals surface area (Å²) >= 11 is 1.75. The number of rotatable bonds is 6. The second-order valence-electron chi connectivity index (χ2n) is 4.68. The standard InChI is InChI=1S/C18H17NO2S/c1-2-21-18(20)15-9-7-14(8-10-15)12-22-13-17-6-4-3-5-16(17)11-19/h3-10H,2,12-13H2,1H3. The van der Waals surface area contributed by atoms with Crippen LogP contribution in [0.4, 0.5) is 0 Å². The van der Waals surface area contributed by atoms with Gasteiger partial charge in [0, 0.05) is 11.5 Å². The molecule has 0 atom stereocenters. The summed E-state index contributed by atoms with van der Waals surface area (Å²) in [7, 11) is 0. The van der Waals surface area contributed by atoms with Gasteiger partial charge in [0.2, 0.25) is 0 Å². The number of nitriles is 1. The molecule has 0 spiro atoms. The summed E-state index contributed by atoms with van der Waals surface area (Å²) in [5, 5.41) is 9.06. The lowest BCUT2D eigenvalue weighted by Crippen LogP contribution is -2.04. The van der Waals surface area contributed by atoms with Crippen molar-refractivity contribution in [3.8, 4) is 6.07 Å². The first kappa shape index (κ1) is 16.1.